The summed E-state index contributed by atoms with van der Waals surface area (Å²) in [6.07, 6.45) is 3.77. The summed E-state index contributed by atoms with van der Waals surface area (Å²) < 4.78 is 5.75. The van der Waals surface area contributed by atoms with Crippen molar-refractivity contribution in [3.63, 3.8) is 0 Å². The number of nitrogens with two attached hydrogens (primary N) is 1. The third-order valence-corrected chi connectivity index (χ3v) is 4.29. The highest BCUT2D eigenvalue weighted by molar-refractivity contribution is 5.85. The Hall–Kier alpha value is -1.66. The Bertz CT molecular complexity index is 534. The van der Waals surface area contributed by atoms with Crippen molar-refractivity contribution < 1.29 is 9.53 Å². The molecule has 1 fully saturated rings. The molecule has 0 radical (unpaired) electrons. The van der Waals surface area contributed by atoms with Crippen molar-refractivity contribution in [2.24, 2.45) is 5.73 Å². The molecule has 1 aliphatic heterocycles. The van der Waals surface area contributed by atoms with Crippen LogP contribution >= 0.6 is 0 Å². The average molecular weight is 334 g/mol. The summed E-state index contributed by atoms with van der Waals surface area (Å²) in [6.45, 7) is 10.1. The van der Waals surface area contributed by atoms with Gasteiger partial charge in [0, 0.05) is 25.8 Å². The molecule has 1 amide bonds. The van der Waals surface area contributed by atoms with Crippen LogP contribution in [0.1, 0.15) is 46.1 Å². The number of nitrogens with zero attached hydrogens (tertiary/aromatic N) is 2. The van der Waals surface area contributed by atoms with E-state index >= 15 is 0 Å². The summed E-state index contributed by atoms with van der Waals surface area (Å²) in [4.78, 5) is 18.9. The summed E-state index contributed by atoms with van der Waals surface area (Å²) in [5.74, 6) is 0.825. The van der Waals surface area contributed by atoms with E-state index in [1.165, 1.54) is 0 Å². The third-order valence-electron chi connectivity index (χ3n) is 4.29. The molecule has 1 saturated heterocycles. The minimum absolute atomic E-state index is 0.121. The van der Waals surface area contributed by atoms with Gasteiger partial charge in [0.1, 0.15) is 5.82 Å². The number of hydrogen-bond donors (Lipinski definition) is 2. The Kier molecular flexibility index (Phi) is 6.18. The van der Waals surface area contributed by atoms with Gasteiger partial charge in [-0.05, 0) is 38.8 Å². The number of nitrogens with one attached hydrogen (secondary N) is 1. The van der Waals surface area contributed by atoms with E-state index in [1.54, 1.807) is 6.92 Å². The van der Waals surface area contributed by atoms with Gasteiger partial charge in [0.25, 0.3) is 0 Å². The fourth-order valence-corrected chi connectivity index (χ4v) is 3.09. The van der Waals surface area contributed by atoms with Crippen molar-refractivity contribution in [3.05, 3.63) is 23.9 Å². The van der Waals surface area contributed by atoms with Crippen LogP contribution < -0.4 is 16.0 Å². The van der Waals surface area contributed by atoms with Crippen molar-refractivity contribution in [1.82, 2.24) is 10.3 Å². The number of ether oxygens (including phenoxy) is 1. The quantitative estimate of drug-likeness (QED) is 0.829. The molecule has 3 unspecified atom stereocenters. The Labute approximate surface area is 144 Å². The Morgan fingerprint density at radius 1 is 1.42 bits per heavy atom. The third kappa shape index (κ3) is 4.92. The van der Waals surface area contributed by atoms with Gasteiger partial charge in [-0.15, -0.1) is 0 Å². The van der Waals surface area contributed by atoms with Gasteiger partial charge in [0.05, 0.1) is 17.7 Å². The van der Waals surface area contributed by atoms with Crippen LogP contribution in [0.15, 0.2) is 18.3 Å². The average Bonchev–Trinajstić information content (AvgIpc) is 2.52. The predicted molar refractivity (Wildman–Crippen MR) is 95.8 cm³/mol. The summed E-state index contributed by atoms with van der Waals surface area (Å²) in [5, 5.41) is 2.90. The highest BCUT2D eigenvalue weighted by Crippen LogP contribution is 2.18. The summed E-state index contributed by atoms with van der Waals surface area (Å²) in [5.41, 5.74) is 6.19. The minimum Gasteiger partial charge on any atom is -0.372 e. The zero-order chi connectivity index (χ0) is 17.7. The van der Waals surface area contributed by atoms with Gasteiger partial charge in [0.2, 0.25) is 5.91 Å². The van der Waals surface area contributed by atoms with Gasteiger partial charge in [-0.1, -0.05) is 19.4 Å². The first kappa shape index (κ1) is 18.7. The Morgan fingerprint density at radius 3 is 2.62 bits per heavy atom. The molecule has 0 spiro atoms. The molecule has 3 atom stereocenters. The molecule has 24 heavy (non-hydrogen) atoms. The largest absolute Gasteiger partial charge is 0.372 e. The SMILES string of the molecule is CCCC(C)(N)C(=O)NCc1ccc(N2CC(C)OC(C)C2)nc1. The van der Waals surface area contributed by atoms with Crippen molar-refractivity contribution in [1.29, 1.82) is 0 Å². The predicted octanol–water partition coefficient (Wildman–Crippen LogP) is 1.83. The van der Waals surface area contributed by atoms with Crippen molar-refractivity contribution >= 4 is 11.7 Å². The number of rotatable bonds is 6. The lowest BCUT2D eigenvalue weighted by molar-refractivity contribution is -0.126. The van der Waals surface area contributed by atoms with Crippen LogP contribution in [0, 0.1) is 0 Å². The molecular weight excluding hydrogens is 304 g/mol. The summed E-state index contributed by atoms with van der Waals surface area (Å²) >= 11 is 0. The van der Waals surface area contributed by atoms with E-state index in [4.69, 9.17) is 10.5 Å². The van der Waals surface area contributed by atoms with Gasteiger partial charge in [-0.25, -0.2) is 4.98 Å². The van der Waals surface area contributed by atoms with E-state index in [1.807, 2.05) is 25.3 Å². The van der Waals surface area contributed by atoms with Crippen LogP contribution in [0.4, 0.5) is 5.82 Å². The van der Waals surface area contributed by atoms with E-state index in [9.17, 15) is 4.79 Å². The molecule has 134 valence electrons. The highest BCUT2D eigenvalue weighted by atomic mass is 16.5. The van der Waals surface area contributed by atoms with Crippen LogP contribution in [0.5, 0.6) is 0 Å². The lowest BCUT2D eigenvalue weighted by Crippen LogP contribution is -2.51. The molecule has 0 bridgehead atoms. The molecule has 1 aliphatic rings. The van der Waals surface area contributed by atoms with Gasteiger partial charge in [-0.3, -0.25) is 4.79 Å². The highest BCUT2D eigenvalue weighted by Gasteiger charge is 2.27. The Morgan fingerprint density at radius 2 is 2.08 bits per heavy atom. The molecule has 6 heteroatoms. The van der Waals surface area contributed by atoms with Crippen molar-refractivity contribution in [2.45, 2.75) is 64.8 Å². The molecular formula is C18H30N4O2. The fourth-order valence-electron chi connectivity index (χ4n) is 3.09. The van der Waals surface area contributed by atoms with Gasteiger partial charge >= 0.3 is 0 Å². The zero-order valence-corrected chi connectivity index (χ0v) is 15.2. The zero-order valence-electron chi connectivity index (χ0n) is 15.2. The molecule has 3 N–H and O–H groups in total. The minimum atomic E-state index is -0.817. The molecule has 0 aliphatic carbocycles. The molecule has 0 aromatic carbocycles. The molecule has 2 heterocycles. The van der Waals surface area contributed by atoms with Gasteiger partial charge < -0.3 is 20.7 Å². The maximum Gasteiger partial charge on any atom is 0.240 e. The number of amides is 1. The number of anilines is 1. The summed E-state index contributed by atoms with van der Waals surface area (Å²) in [6, 6.07) is 4.00. The number of aromatic nitrogens is 1. The van der Waals surface area contributed by atoms with Crippen LogP contribution in [0.3, 0.4) is 0 Å². The smallest absolute Gasteiger partial charge is 0.240 e. The number of morpholine rings is 1. The van der Waals surface area contributed by atoms with Crippen LogP contribution in [0.25, 0.3) is 0 Å². The first-order valence-electron chi connectivity index (χ1n) is 8.74. The van der Waals surface area contributed by atoms with Crippen LogP contribution in [0.2, 0.25) is 0 Å². The number of carbonyl (C=O) groups excluding carboxylic acids is 1. The van der Waals surface area contributed by atoms with Crippen molar-refractivity contribution in [3.8, 4) is 0 Å². The van der Waals surface area contributed by atoms with E-state index in [-0.39, 0.29) is 18.1 Å². The maximum absolute atomic E-state index is 12.1. The second kappa shape index (κ2) is 7.94. The second-order valence-electron chi connectivity index (χ2n) is 7.04. The van der Waals surface area contributed by atoms with E-state index < -0.39 is 5.54 Å². The fraction of sp³-hybridized carbons (Fsp3) is 0.667. The van der Waals surface area contributed by atoms with Gasteiger partial charge in [-0.2, -0.15) is 0 Å². The van der Waals surface area contributed by atoms with E-state index in [2.05, 4.69) is 29.0 Å². The number of hydrogen-bond acceptors (Lipinski definition) is 5. The van der Waals surface area contributed by atoms with Crippen molar-refractivity contribution in [2.75, 3.05) is 18.0 Å². The molecule has 0 saturated carbocycles. The Balaban J connectivity index is 1.91. The van der Waals surface area contributed by atoms with E-state index in [0.29, 0.717) is 13.0 Å². The molecule has 2 rings (SSSR count). The van der Waals surface area contributed by atoms with E-state index in [0.717, 1.165) is 30.9 Å². The monoisotopic (exact) mass is 334 g/mol. The number of carbonyl (C=O) groups is 1. The van der Waals surface area contributed by atoms with Crippen LogP contribution in [-0.2, 0) is 16.1 Å². The normalized spacial score (nSPS) is 23.6. The lowest BCUT2D eigenvalue weighted by Gasteiger charge is -2.36. The second-order valence-corrected chi connectivity index (χ2v) is 7.04. The topological polar surface area (TPSA) is 80.5 Å². The maximum atomic E-state index is 12.1. The first-order valence-corrected chi connectivity index (χ1v) is 8.74. The van der Waals surface area contributed by atoms with Gasteiger partial charge in [0.15, 0.2) is 0 Å². The molecule has 6 nitrogen and oxygen atoms in total. The van der Waals surface area contributed by atoms with Crippen LogP contribution in [-0.4, -0.2) is 41.7 Å². The molecule has 1 aromatic heterocycles. The summed E-state index contributed by atoms with van der Waals surface area (Å²) in [7, 11) is 0. The number of pyridine rings is 1. The first-order chi connectivity index (χ1) is 11.3. The lowest BCUT2D eigenvalue weighted by atomic mass is 9.96. The molecule has 1 aromatic rings. The standard InChI is InChI=1S/C18H30N4O2/c1-5-8-18(4,19)17(23)21-10-15-6-7-16(20-9-15)22-11-13(2)24-14(3)12-22/h6-7,9,13-14H,5,8,10-12,19H2,1-4H3,(H,21,23).